The zero-order chi connectivity index (χ0) is 37.3. The highest BCUT2D eigenvalue weighted by Gasteiger charge is 2.31. The number of esters is 1. The van der Waals surface area contributed by atoms with Crippen LogP contribution in [-0.2, 0) is 27.2 Å². The molecule has 0 bridgehead atoms. The Morgan fingerprint density at radius 3 is 2.40 bits per heavy atom. The van der Waals surface area contributed by atoms with Crippen LogP contribution in [0.4, 0.5) is 10.7 Å². The van der Waals surface area contributed by atoms with Crippen LogP contribution in [0.1, 0.15) is 61.5 Å². The molecule has 1 aliphatic rings. The topological polar surface area (TPSA) is 114 Å². The summed E-state index contributed by atoms with van der Waals surface area (Å²) in [6.45, 7) is 2.00. The monoisotopic (exact) mass is 783 g/mol. The molecule has 12 heteroatoms. The van der Waals surface area contributed by atoms with E-state index in [1.54, 1.807) is 73.7 Å². The lowest BCUT2D eigenvalue weighted by molar-refractivity contribution is -0.114. The number of fused-ring (bicyclic) bond motifs is 1. The van der Waals surface area contributed by atoms with E-state index >= 15 is 0 Å². The van der Waals surface area contributed by atoms with Gasteiger partial charge in [0.25, 0.3) is 11.8 Å². The Kier molecular flexibility index (Phi) is 12.7. The average Bonchev–Trinajstić information content (AvgIpc) is 3.53. The molecule has 0 radical (unpaired) electrons. The number of ether oxygens (including phenoxy) is 1. The van der Waals surface area contributed by atoms with Gasteiger partial charge in [-0.3, -0.25) is 14.4 Å². The molecule has 0 saturated heterocycles. The standard InChI is InChI=1S/C41H35Cl2N3O5S2/c1-2-51-41(50)36-31-20-19-27(25-11-5-3-6-12-25)22-34(31)53-40(36)46-35(47)24-52-30-17-10-16-29(23-30)44-39(49)33(21-28-15-9-18-32(42)37(28)43)45-38(48)26-13-7-4-8-14-26/h3-18,21,23,27H,2,19-20,22,24H2,1H3,(H,44,49)(H,45,48)(H,46,47)/b33-21+. The van der Waals surface area contributed by atoms with Gasteiger partial charge >= 0.3 is 5.97 Å². The molecular weight excluding hydrogens is 750 g/mol. The number of anilines is 2. The molecule has 270 valence electrons. The normalized spacial score (nSPS) is 13.8. The zero-order valence-electron chi connectivity index (χ0n) is 28.6. The first-order valence-electron chi connectivity index (χ1n) is 16.9. The van der Waals surface area contributed by atoms with Crippen molar-refractivity contribution in [1.29, 1.82) is 0 Å². The lowest BCUT2D eigenvalue weighted by Crippen LogP contribution is -2.30. The molecule has 53 heavy (non-hydrogen) atoms. The number of carbonyl (C=O) groups excluding carboxylic acids is 4. The second-order valence-corrected chi connectivity index (χ2v) is 15.1. The van der Waals surface area contributed by atoms with Crippen LogP contribution < -0.4 is 16.0 Å². The smallest absolute Gasteiger partial charge is 0.341 e. The summed E-state index contributed by atoms with van der Waals surface area (Å²) < 4.78 is 5.40. The summed E-state index contributed by atoms with van der Waals surface area (Å²) in [6, 6.07) is 30.9. The summed E-state index contributed by atoms with van der Waals surface area (Å²) in [5.41, 5.74) is 3.88. The molecule has 1 heterocycles. The first-order valence-corrected chi connectivity index (χ1v) is 19.5. The third-order valence-electron chi connectivity index (χ3n) is 8.54. The first kappa shape index (κ1) is 37.9. The largest absolute Gasteiger partial charge is 0.462 e. The van der Waals surface area contributed by atoms with E-state index in [9.17, 15) is 19.2 Å². The average molecular weight is 785 g/mol. The van der Waals surface area contributed by atoms with Crippen molar-refractivity contribution >= 4 is 86.8 Å². The molecule has 1 unspecified atom stereocenters. The SMILES string of the molecule is CCOC(=O)c1c(NC(=O)CSc2cccc(NC(=O)/C(=C\c3cccc(Cl)c3Cl)NC(=O)c3ccccc3)c2)sc2c1CCC(c1ccccc1)C2. The molecule has 0 fully saturated rings. The lowest BCUT2D eigenvalue weighted by atomic mass is 9.83. The minimum absolute atomic E-state index is 0.0495. The Morgan fingerprint density at radius 2 is 1.64 bits per heavy atom. The van der Waals surface area contributed by atoms with Crippen LogP contribution in [0.15, 0.2) is 114 Å². The van der Waals surface area contributed by atoms with E-state index in [1.165, 1.54) is 34.7 Å². The maximum atomic E-state index is 13.6. The van der Waals surface area contributed by atoms with Crippen LogP contribution in [0.3, 0.4) is 0 Å². The summed E-state index contributed by atoms with van der Waals surface area (Å²) in [4.78, 5) is 54.9. The van der Waals surface area contributed by atoms with Gasteiger partial charge in [-0.05, 0) is 91.3 Å². The van der Waals surface area contributed by atoms with Crippen molar-refractivity contribution in [2.45, 2.75) is 37.0 Å². The molecule has 1 aromatic heterocycles. The van der Waals surface area contributed by atoms with Gasteiger partial charge in [0.15, 0.2) is 0 Å². The maximum Gasteiger partial charge on any atom is 0.341 e. The predicted octanol–water partition coefficient (Wildman–Crippen LogP) is 9.64. The fraction of sp³-hybridized carbons (Fsp3) is 0.171. The molecule has 3 N–H and O–H groups in total. The number of thioether (sulfide) groups is 1. The van der Waals surface area contributed by atoms with E-state index in [4.69, 9.17) is 27.9 Å². The Hall–Kier alpha value is -4.87. The quantitative estimate of drug-likeness (QED) is 0.0660. The Balaban J connectivity index is 1.14. The van der Waals surface area contributed by atoms with Crippen molar-refractivity contribution in [2.24, 2.45) is 0 Å². The number of rotatable bonds is 12. The minimum Gasteiger partial charge on any atom is -0.462 e. The van der Waals surface area contributed by atoms with Gasteiger partial charge in [0.2, 0.25) is 5.91 Å². The molecule has 8 nitrogen and oxygen atoms in total. The van der Waals surface area contributed by atoms with Crippen LogP contribution >= 0.6 is 46.3 Å². The highest BCUT2D eigenvalue weighted by molar-refractivity contribution is 8.00. The Bertz CT molecular complexity index is 2170. The fourth-order valence-electron chi connectivity index (χ4n) is 6.01. The summed E-state index contributed by atoms with van der Waals surface area (Å²) in [5, 5.41) is 9.55. The fourth-order valence-corrected chi connectivity index (χ4v) is 8.46. The van der Waals surface area contributed by atoms with Crippen molar-refractivity contribution < 1.29 is 23.9 Å². The van der Waals surface area contributed by atoms with Gasteiger partial charge in [0.1, 0.15) is 10.7 Å². The van der Waals surface area contributed by atoms with Gasteiger partial charge in [-0.1, -0.05) is 89.9 Å². The molecule has 5 aromatic rings. The number of benzene rings is 4. The molecule has 6 rings (SSSR count). The number of hydrogen-bond donors (Lipinski definition) is 3. The van der Waals surface area contributed by atoms with Crippen LogP contribution in [0.25, 0.3) is 6.08 Å². The minimum atomic E-state index is -0.590. The molecule has 0 aliphatic heterocycles. The molecule has 1 atom stereocenters. The number of hydrogen-bond acceptors (Lipinski definition) is 7. The first-order chi connectivity index (χ1) is 25.7. The summed E-state index contributed by atoms with van der Waals surface area (Å²) in [6.07, 6.45) is 3.88. The number of carbonyl (C=O) groups is 4. The van der Waals surface area contributed by atoms with Crippen LogP contribution in [0.5, 0.6) is 0 Å². The van der Waals surface area contributed by atoms with Crippen LogP contribution in [-0.4, -0.2) is 36.1 Å². The van der Waals surface area contributed by atoms with E-state index < -0.39 is 17.8 Å². The summed E-state index contributed by atoms with van der Waals surface area (Å²) in [5.74, 6) is -1.38. The van der Waals surface area contributed by atoms with Gasteiger partial charge < -0.3 is 20.7 Å². The van der Waals surface area contributed by atoms with Crippen molar-refractivity contribution in [3.05, 3.63) is 152 Å². The van der Waals surface area contributed by atoms with E-state index in [-0.39, 0.29) is 29.0 Å². The van der Waals surface area contributed by atoms with Gasteiger partial charge in [0, 0.05) is 21.0 Å². The third-order valence-corrected chi connectivity index (χ3v) is 11.5. The molecule has 4 aromatic carbocycles. The number of thiophene rings is 1. The van der Waals surface area contributed by atoms with E-state index in [0.717, 1.165) is 34.6 Å². The van der Waals surface area contributed by atoms with Gasteiger partial charge in [-0.15, -0.1) is 23.1 Å². The predicted molar refractivity (Wildman–Crippen MR) is 214 cm³/mol. The van der Waals surface area contributed by atoms with Gasteiger partial charge in [-0.2, -0.15) is 0 Å². The van der Waals surface area contributed by atoms with Crippen LogP contribution in [0.2, 0.25) is 10.0 Å². The number of nitrogens with one attached hydrogen (secondary N) is 3. The molecule has 0 spiro atoms. The Labute approximate surface area is 325 Å². The Morgan fingerprint density at radius 1 is 0.906 bits per heavy atom. The van der Waals surface area contributed by atoms with Crippen LogP contribution in [0, 0.1) is 0 Å². The van der Waals surface area contributed by atoms with Gasteiger partial charge in [0.05, 0.1) is 28.0 Å². The maximum absolute atomic E-state index is 13.6. The van der Waals surface area contributed by atoms with Gasteiger partial charge in [-0.25, -0.2) is 4.79 Å². The molecule has 0 saturated carbocycles. The van der Waals surface area contributed by atoms with Crippen molar-refractivity contribution in [2.75, 3.05) is 23.0 Å². The number of halogens is 2. The number of amides is 3. The van der Waals surface area contributed by atoms with Crippen molar-refractivity contribution in [1.82, 2.24) is 5.32 Å². The van der Waals surface area contributed by atoms with Crippen molar-refractivity contribution in [3.63, 3.8) is 0 Å². The highest BCUT2D eigenvalue weighted by atomic mass is 35.5. The van der Waals surface area contributed by atoms with Crippen molar-refractivity contribution in [3.8, 4) is 0 Å². The van der Waals surface area contributed by atoms with E-state index in [1.807, 2.05) is 24.3 Å². The third kappa shape index (κ3) is 9.57. The lowest BCUT2D eigenvalue weighted by Gasteiger charge is -2.23. The second-order valence-electron chi connectivity index (χ2n) is 12.1. The van der Waals surface area contributed by atoms with E-state index in [0.29, 0.717) is 38.3 Å². The summed E-state index contributed by atoms with van der Waals surface area (Å²) >= 11 is 15.3. The molecule has 1 aliphatic carbocycles. The second kappa shape index (κ2) is 17.8. The highest BCUT2D eigenvalue weighted by Crippen LogP contribution is 2.43. The zero-order valence-corrected chi connectivity index (χ0v) is 31.8. The van der Waals surface area contributed by atoms with E-state index in [2.05, 4.69) is 28.1 Å². The molecular formula is C41H35Cl2N3O5S2. The summed E-state index contributed by atoms with van der Waals surface area (Å²) in [7, 11) is 0. The molecule has 3 amide bonds.